The number of rotatable bonds is 0. The van der Waals surface area contributed by atoms with Gasteiger partial charge in [0.15, 0.2) is 0 Å². The quantitative estimate of drug-likeness (QED) is 0.156. The molecule has 3 rings (SSSR count). The summed E-state index contributed by atoms with van der Waals surface area (Å²) in [4.78, 5) is 0. The second kappa shape index (κ2) is 18.1. The summed E-state index contributed by atoms with van der Waals surface area (Å²) in [7, 11) is -7.18. The summed E-state index contributed by atoms with van der Waals surface area (Å²) in [5.74, 6) is 28.8. The summed E-state index contributed by atoms with van der Waals surface area (Å²) in [6.45, 7) is 50.5. The van der Waals surface area contributed by atoms with E-state index >= 15 is 0 Å². The zero-order chi connectivity index (χ0) is 45.9. The predicted molar refractivity (Wildman–Crippen MR) is 277 cm³/mol. The molecule has 0 amide bonds. The summed E-state index contributed by atoms with van der Waals surface area (Å²) >= 11 is 0. The third-order valence-electron chi connectivity index (χ3n) is 11.5. The average molecular weight is 860 g/mol. The van der Waals surface area contributed by atoms with Gasteiger partial charge < -0.3 is 0 Å². The van der Waals surface area contributed by atoms with Crippen molar-refractivity contribution in [3.05, 3.63) is 104 Å². The van der Waals surface area contributed by atoms with Crippen molar-refractivity contribution >= 4 is 32.3 Å². The van der Waals surface area contributed by atoms with Gasteiger partial charge in [-0.25, -0.2) is 0 Å². The van der Waals surface area contributed by atoms with Crippen molar-refractivity contribution in [3.63, 3.8) is 0 Å². The molecule has 0 fully saturated rings. The van der Waals surface area contributed by atoms with Crippen LogP contribution in [-0.2, 0) is 10.8 Å². The molecule has 0 unspecified atom stereocenters. The molecule has 3 aromatic rings. The van der Waals surface area contributed by atoms with Gasteiger partial charge in [-0.05, 0) is 68.4 Å². The van der Waals surface area contributed by atoms with Crippen molar-refractivity contribution in [1.29, 1.82) is 0 Å². The van der Waals surface area contributed by atoms with Gasteiger partial charge >= 0.3 is 0 Å². The van der Waals surface area contributed by atoms with Gasteiger partial charge in [0.05, 0.1) is 0 Å². The van der Waals surface area contributed by atoms with Crippen LogP contribution in [0.3, 0.4) is 0 Å². The standard InChI is InChI=1S/C56H74Si4/c1-53(2,3)51-29-27-43(49(41-51)33-37-59(19,20)55(7,8)9)23-25-45-39-48(32-36-58(16,17)18)46(40-47(45)31-35-57(13,14)15)26-24-44-28-30-52(54(4,5)6)42-50(44)34-38-60(21,22)56(10,11)12/h27-30,39-42H,1-22H3. The van der Waals surface area contributed by atoms with Crippen molar-refractivity contribution in [2.45, 2.75) is 169 Å². The van der Waals surface area contributed by atoms with Crippen LogP contribution < -0.4 is 0 Å². The van der Waals surface area contributed by atoms with Gasteiger partial charge in [-0.15, -0.1) is 22.2 Å². The molecule has 4 heteroatoms. The highest BCUT2D eigenvalue weighted by atomic mass is 28.3. The monoisotopic (exact) mass is 858 g/mol. The highest BCUT2D eigenvalue weighted by Crippen LogP contribution is 2.36. The maximum absolute atomic E-state index is 3.76. The topological polar surface area (TPSA) is 0 Å². The van der Waals surface area contributed by atoms with E-state index in [1.807, 2.05) is 0 Å². The van der Waals surface area contributed by atoms with E-state index in [9.17, 15) is 0 Å². The molecule has 0 N–H and O–H groups in total. The molecule has 0 bridgehead atoms. The van der Waals surface area contributed by atoms with Crippen LogP contribution in [0.2, 0.25) is 75.5 Å². The minimum atomic E-state index is -1.86. The number of benzene rings is 3. The number of hydrogen-bond donors (Lipinski definition) is 0. The first-order chi connectivity index (χ1) is 27.0. The number of hydrogen-bond acceptors (Lipinski definition) is 0. The minimum absolute atomic E-state index is 0.00746. The van der Waals surface area contributed by atoms with Crippen molar-refractivity contribution in [2.75, 3.05) is 0 Å². The largest absolute Gasteiger partial charge is 0.138 e. The van der Waals surface area contributed by atoms with Crippen LogP contribution in [0.15, 0.2) is 48.5 Å². The smallest absolute Gasteiger partial charge is 0.127 e. The Balaban J connectivity index is 2.44. The van der Waals surface area contributed by atoms with Crippen LogP contribution in [0.4, 0.5) is 0 Å². The summed E-state index contributed by atoms with van der Waals surface area (Å²) in [5, 5.41) is 0.315. The first-order valence-electron chi connectivity index (χ1n) is 21.6. The van der Waals surface area contributed by atoms with Gasteiger partial charge in [0.2, 0.25) is 0 Å². The van der Waals surface area contributed by atoms with Crippen LogP contribution in [0, 0.1) is 69.5 Å². The molecule has 0 aliphatic heterocycles. The van der Waals surface area contributed by atoms with E-state index in [1.54, 1.807) is 0 Å². The third kappa shape index (κ3) is 14.5. The lowest BCUT2D eigenvalue weighted by Gasteiger charge is -2.31. The molecule has 0 nitrogen and oxygen atoms in total. The van der Waals surface area contributed by atoms with Crippen molar-refractivity contribution < 1.29 is 0 Å². The van der Waals surface area contributed by atoms with Gasteiger partial charge in [-0.1, -0.05) is 208 Å². The fourth-order valence-electron chi connectivity index (χ4n) is 5.06. The molecule has 0 aliphatic carbocycles. The van der Waals surface area contributed by atoms with Gasteiger partial charge in [-0.2, -0.15) is 0 Å². The minimum Gasteiger partial charge on any atom is -0.127 e. The van der Waals surface area contributed by atoms with Gasteiger partial charge in [0, 0.05) is 44.5 Å². The van der Waals surface area contributed by atoms with E-state index < -0.39 is 32.3 Å². The molecule has 60 heavy (non-hydrogen) atoms. The van der Waals surface area contributed by atoms with Crippen LogP contribution in [0.1, 0.15) is 139 Å². The van der Waals surface area contributed by atoms with Gasteiger partial charge in [0.25, 0.3) is 0 Å². The fourth-order valence-corrected chi connectivity index (χ4v) is 7.72. The van der Waals surface area contributed by atoms with Crippen LogP contribution in [0.5, 0.6) is 0 Å². The summed E-state index contributed by atoms with van der Waals surface area (Å²) in [6.07, 6.45) is 0. The Morgan fingerprint density at radius 3 is 0.817 bits per heavy atom. The van der Waals surface area contributed by atoms with Crippen LogP contribution >= 0.6 is 0 Å². The van der Waals surface area contributed by atoms with Gasteiger partial charge in [0.1, 0.15) is 32.3 Å². The Morgan fingerprint density at radius 2 is 0.550 bits per heavy atom. The van der Waals surface area contributed by atoms with Gasteiger partial charge in [-0.3, -0.25) is 0 Å². The second-order valence-corrected chi connectivity index (χ2v) is 43.2. The SMILES string of the molecule is CC(C)(C)c1ccc(C#Cc2cc(C#C[Si](C)(C)C)c(C#Cc3ccc(C(C)(C)C)cc3C#C[Si](C)(C)C(C)(C)C)cc2C#C[Si](C)(C)C)c(C#C[Si](C)(C)C(C)(C)C)c1. The fraction of sp³-hybridized carbons (Fsp3) is 0.464. The van der Waals surface area contributed by atoms with Crippen molar-refractivity contribution in [3.8, 4) is 69.5 Å². The zero-order valence-corrected chi connectivity index (χ0v) is 45.6. The maximum atomic E-state index is 3.76. The Labute approximate surface area is 373 Å². The molecular formula is C56H74Si4. The molecule has 314 valence electrons. The molecule has 0 heterocycles. The Bertz CT molecular complexity index is 2320. The lowest BCUT2D eigenvalue weighted by atomic mass is 9.85. The molecule has 3 aromatic carbocycles. The zero-order valence-electron chi connectivity index (χ0n) is 41.6. The molecule has 0 saturated carbocycles. The van der Waals surface area contributed by atoms with E-state index in [2.05, 4.69) is 267 Å². The molecule has 0 atom stereocenters. The first-order valence-corrected chi connectivity index (χ1v) is 34.6. The first kappa shape index (κ1) is 50.2. The Kier molecular flexibility index (Phi) is 15.1. The normalized spacial score (nSPS) is 12.4. The molecular weight excluding hydrogens is 785 g/mol. The molecule has 0 radical (unpaired) electrons. The molecule has 0 aromatic heterocycles. The van der Waals surface area contributed by atoms with Crippen LogP contribution in [-0.4, -0.2) is 32.3 Å². The van der Waals surface area contributed by atoms with E-state index in [0.29, 0.717) is 0 Å². The Hall–Kier alpha value is -4.11. The highest BCUT2D eigenvalue weighted by molar-refractivity contribution is 6.88. The maximum Gasteiger partial charge on any atom is 0.138 e. The lowest BCUT2D eigenvalue weighted by Crippen LogP contribution is -2.35. The summed E-state index contributed by atoms with van der Waals surface area (Å²) in [6, 6.07) is 17.5. The molecule has 0 spiro atoms. The highest BCUT2D eigenvalue weighted by Gasteiger charge is 2.34. The van der Waals surface area contributed by atoms with E-state index in [0.717, 1.165) is 44.5 Å². The van der Waals surface area contributed by atoms with E-state index in [1.165, 1.54) is 11.1 Å². The average Bonchev–Trinajstić information content (AvgIpc) is 3.07. The third-order valence-corrected chi connectivity index (χ3v) is 22.3. The second-order valence-electron chi connectivity index (χ2n) is 23.7. The summed E-state index contributed by atoms with van der Waals surface area (Å²) < 4.78 is 0. The summed E-state index contributed by atoms with van der Waals surface area (Å²) in [5.41, 5.74) is 24.6. The molecule has 0 saturated heterocycles. The molecule has 0 aliphatic rings. The van der Waals surface area contributed by atoms with E-state index in [-0.39, 0.29) is 20.9 Å². The van der Waals surface area contributed by atoms with Crippen molar-refractivity contribution in [2.24, 2.45) is 0 Å². The lowest BCUT2D eigenvalue weighted by molar-refractivity contribution is 0.590. The van der Waals surface area contributed by atoms with Crippen molar-refractivity contribution in [1.82, 2.24) is 0 Å². The van der Waals surface area contributed by atoms with E-state index in [4.69, 9.17) is 0 Å². The van der Waals surface area contributed by atoms with Crippen LogP contribution in [0.25, 0.3) is 0 Å². The predicted octanol–water partition coefficient (Wildman–Crippen LogP) is 14.3. The Morgan fingerprint density at radius 1 is 0.300 bits per heavy atom.